The molecule has 1 aliphatic carbocycles. The van der Waals surface area contributed by atoms with Crippen LogP contribution in [0.25, 0.3) is 0 Å². The van der Waals surface area contributed by atoms with E-state index in [4.69, 9.17) is 5.73 Å². The molecule has 1 aliphatic rings. The topological polar surface area (TPSA) is 26.0 Å². The highest BCUT2D eigenvalue weighted by Crippen LogP contribution is 2.49. The minimum absolute atomic E-state index is 0.402. The average molecular weight is 167 g/mol. The van der Waals surface area contributed by atoms with Crippen molar-refractivity contribution in [3.63, 3.8) is 0 Å². The molecule has 0 unspecified atom stereocenters. The van der Waals surface area contributed by atoms with Crippen LogP contribution in [0.3, 0.4) is 0 Å². The standard InChI is InChI=1S/C9H13NS/c1-7-4-8(11-5-7)9(6-10)2-3-9/h4-5H,2-3,6,10H2,1H3. The van der Waals surface area contributed by atoms with Crippen LogP contribution in [-0.4, -0.2) is 6.54 Å². The molecule has 0 saturated heterocycles. The van der Waals surface area contributed by atoms with Crippen LogP contribution in [0, 0.1) is 6.92 Å². The highest BCUT2D eigenvalue weighted by atomic mass is 32.1. The summed E-state index contributed by atoms with van der Waals surface area (Å²) < 4.78 is 0. The lowest BCUT2D eigenvalue weighted by Crippen LogP contribution is -2.18. The lowest BCUT2D eigenvalue weighted by molar-refractivity contribution is 0.720. The maximum atomic E-state index is 5.72. The largest absolute Gasteiger partial charge is 0.330 e. The first-order chi connectivity index (χ1) is 5.27. The fourth-order valence-electron chi connectivity index (χ4n) is 1.41. The van der Waals surface area contributed by atoms with Crippen molar-refractivity contribution in [1.82, 2.24) is 0 Å². The van der Waals surface area contributed by atoms with Gasteiger partial charge < -0.3 is 5.73 Å². The van der Waals surface area contributed by atoms with E-state index in [9.17, 15) is 0 Å². The Morgan fingerprint density at radius 3 is 2.73 bits per heavy atom. The van der Waals surface area contributed by atoms with Gasteiger partial charge >= 0.3 is 0 Å². The van der Waals surface area contributed by atoms with Crippen LogP contribution >= 0.6 is 11.3 Å². The van der Waals surface area contributed by atoms with Crippen molar-refractivity contribution >= 4 is 11.3 Å². The third-order valence-electron chi connectivity index (χ3n) is 2.50. The molecule has 0 atom stereocenters. The van der Waals surface area contributed by atoms with Crippen LogP contribution < -0.4 is 5.73 Å². The van der Waals surface area contributed by atoms with E-state index >= 15 is 0 Å². The molecule has 1 fully saturated rings. The lowest BCUT2D eigenvalue weighted by atomic mass is 10.1. The predicted octanol–water partition coefficient (Wildman–Crippen LogP) is 2.05. The summed E-state index contributed by atoms with van der Waals surface area (Å²) in [5.41, 5.74) is 7.50. The second kappa shape index (κ2) is 2.32. The number of nitrogens with two attached hydrogens (primary N) is 1. The van der Waals surface area contributed by atoms with Gasteiger partial charge in [-0.2, -0.15) is 0 Å². The van der Waals surface area contributed by atoms with Gasteiger partial charge in [-0.25, -0.2) is 0 Å². The Labute approximate surface area is 71.2 Å². The van der Waals surface area contributed by atoms with E-state index in [1.807, 2.05) is 11.3 Å². The molecule has 2 rings (SSSR count). The highest BCUT2D eigenvalue weighted by molar-refractivity contribution is 7.10. The molecule has 1 aromatic heterocycles. The van der Waals surface area contributed by atoms with Gasteiger partial charge in [0, 0.05) is 16.8 Å². The third-order valence-corrected chi connectivity index (χ3v) is 3.79. The van der Waals surface area contributed by atoms with E-state index in [1.54, 1.807) is 0 Å². The zero-order valence-electron chi connectivity index (χ0n) is 6.76. The molecule has 0 radical (unpaired) electrons. The zero-order valence-corrected chi connectivity index (χ0v) is 7.58. The van der Waals surface area contributed by atoms with Crippen molar-refractivity contribution < 1.29 is 0 Å². The first-order valence-corrected chi connectivity index (χ1v) is 4.90. The summed E-state index contributed by atoms with van der Waals surface area (Å²) in [5, 5.41) is 2.21. The monoisotopic (exact) mass is 167 g/mol. The Kier molecular flexibility index (Phi) is 1.55. The molecule has 1 saturated carbocycles. The molecular formula is C9H13NS. The van der Waals surface area contributed by atoms with Gasteiger partial charge in [0.05, 0.1) is 0 Å². The fourth-order valence-corrected chi connectivity index (χ4v) is 2.58. The molecule has 11 heavy (non-hydrogen) atoms. The van der Waals surface area contributed by atoms with Crippen LogP contribution in [0.2, 0.25) is 0 Å². The van der Waals surface area contributed by atoms with E-state index in [0.29, 0.717) is 5.41 Å². The molecule has 0 bridgehead atoms. The molecule has 0 aliphatic heterocycles. The van der Waals surface area contributed by atoms with Gasteiger partial charge in [0.15, 0.2) is 0 Å². The van der Waals surface area contributed by atoms with Crippen molar-refractivity contribution in [1.29, 1.82) is 0 Å². The maximum absolute atomic E-state index is 5.72. The Bertz CT molecular complexity index is 260. The second-order valence-electron chi connectivity index (χ2n) is 3.47. The van der Waals surface area contributed by atoms with E-state index in [0.717, 1.165) is 6.54 Å². The Morgan fingerprint density at radius 2 is 2.36 bits per heavy atom. The first-order valence-electron chi connectivity index (χ1n) is 4.02. The van der Waals surface area contributed by atoms with E-state index in [2.05, 4.69) is 18.4 Å². The van der Waals surface area contributed by atoms with Crippen molar-refractivity contribution in [3.8, 4) is 0 Å². The van der Waals surface area contributed by atoms with E-state index < -0.39 is 0 Å². The Balaban J connectivity index is 2.29. The first kappa shape index (κ1) is 7.32. The summed E-state index contributed by atoms with van der Waals surface area (Å²) >= 11 is 1.86. The summed E-state index contributed by atoms with van der Waals surface area (Å²) in [4.78, 5) is 1.50. The summed E-state index contributed by atoms with van der Waals surface area (Å²) in [6.45, 7) is 2.97. The third kappa shape index (κ3) is 1.10. The van der Waals surface area contributed by atoms with Gasteiger partial charge in [-0.15, -0.1) is 11.3 Å². The smallest absolute Gasteiger partial charge is 0.0170 e. The minimum Gasteiger partial charge on any atom is -0.330 e. The van der Waals surface area contributed by atoms with Crippen LogP contribution in [0.5, 0.6) is 0 Å². The molecular weight excluding hydrogens is 154 g/mol. The van der Waals surface area contributed by atoms with Gasteiger partial charge in [0.2, 0.25) is 0 Å². The molecule has 60 valence electrons. The highest BCUT2D eigenvalue weighted by Gasteiger charge is 2.43. The van der Waals surface area contributed by atoms with E-state index in [1.165, 1.54) is 23.3 Å². The van der Waals surface area contributed by atoms with Crippen LogP contribution in [-0.2, 0) is 5.41 Å². The number of hydrogen-bond acceptors (Lipinski definition) is 2. The zero-order chi connectivity index (χ0) is 7.90. The quantitative estimate of drug-likeness (QED) is 0.716. The van der Waals surface area contributed by atoms with Crippen LogP contribution in [0.1, 0.15) is 23.3 Å². The predicted molar refractivity (Wildman–Crippen MR) is 49.0 cm³/mol. The van der Waals surface area contributed by atoms with E-state index in [-0.39, 0.29) is 0 Å². The van der Waals surface area contributed by atoms with Crippen LogP contribution in [0.4, 0.5) is 0 Å². The average Bonchev–Trinajstić information content (AvgIpc) is 2.70. The minimum atomic E-state index is 0.402. The number of hydrogen-bond donors (Lipinski definition) is 1. The Morgan fingerprint density at radius 1 is 1.64 bits per heavy atom. The maximum Gasteiger partial charge on any atom is 0.0170 e. The second-order valence-corrected chi connectivity index (χ2v) is 4.38. The van der Waals surface area contributed by atoms with Crippen molar-refractivity contribution in [2.75, 3.05) is 6.54 Å². The number of rotatable bonds is 2. The molecule has 2 N–H and O–H groups in total. The summed E-state index contributed by atoms with van der Waals surface area (Å²) in [6, 6.07) is 2.28. The molecule has 1 aromatic rings. The molecule has 0 amide bonds. The SMILES string of the molecule is Cc1csc(C2(CN)CC2)c1. The molecule has 1 nitrogen and oxygen atoms in total. The van der Waals surface area contributed by atoms with Gasteiger partial charge in [-0.1, -0.05) is 0 Å². The summed E-state index contributed by atoms with van der Waals surface area (Å²) in [7, 11) is 0. The molecule has 0 aromatic carbocycles. The van der Waals surface area contributed by atoms with Gasteiger partial charge in [0.25, 0.3) is 0 Å². The number of thiophene rings is 1. The fraction of sp³-hybridized carbons (Fsp3) is 0.556. The van der Waals surface area contributed by atoms with Gasteiger partial charge in [-0.3, -0.25) is 0 Å². The van der Waals surface area contributed by atoms with Crippen molar-refractivity contribution in [2.24, 2.45) is 5.73 Å². The number of aryl methyl sites for hydroxylation is 1. The molecule has 0 spiro atoms. The summed E-state index contributed by atoms with van der Waals surface area (Å²) in [6.07, 6.45) is 2.59. The van der Waals surface area contributed by atoms with Crippen molar-refractivity contribution in [3.05, 3.63) is 21.9 Å². The van der Waals surface area contributed by atoms with Crippen molar-refractivity contribution in [2.45, 2.75) is 25.2 Å². The Hall–Kier alpha value is -0.340. The normalized spacial score (nSPS) is 20.2. The molecule has 1 heterocycles. The summed E-state index contributed by atoms with van der Waals surface area (Å²) in [5.74, 6) is 0. The van der Waals surface area contributed by atoms with Gasteiger partial charge in [-0.05, 0) is 36.8 Å². The lowest BCUT2D eigenvalue weighted by Gasteiger charge is -2.07. The molecule has 2 heteroatoms. The van der Waals surface area contributed by atoms with Crippen LogP contribution in [0.15, 0.2) is 11.4 Å². The van der Waals surface area contributed by atoms with Gasteiger partial charge in [0.1, 0.15) is 0 Å².